The first-order chi connectivity index (χ1) is 15.3. The van der Waals surface area contributed by atoms with E-state index in [1.807, 2.05) is 35.3 Å². The van der Waals surface area contributed by atoms with Gasteiger partial charge in [0.2, 0.25) is 5.91 Å². The van der Waals surface area contributed by atoms with E-state index in [0.29, 0.717) is 36.3 Å². The first-order valence-electron chi connectivity index (χ1n) is 11.2. The number of halogens is 1. The Morgan fingerprint density at radius 1 is 1.03 bits per heavy atom. The number of hydrazine groups is 1. The molecule has 2 aromatic carbocycles. The number of nitrogens with zero attached hydrogens (tertiary/aromatic N) is 3. The van der Waals surface area contributed by atoms with Crippen LogP contribution in [0.1, 0.15) is 45.2 Å². The minimum Gasteiger partial charge on any atom is -0.355 e. The van der Waals surface area contributed by atoms with Crippen molar-refractivity contribution in [3.63, 3.8) is 0 Å². The molecule has 0 unspecified atom stereocenters. The molecular weight excluding hydrogens is 436 g/mol. The van der Waals surface area contributed by atoms with Crippen LogP contribution in [-0.2, 0) is 22.7 Å². The van der Waals surface area contributed by atoms with Gasteiger partial charge in [0.1, 0.15) is 0 Å². The number of para-hydroxylation sites is 1. The highest BCUT2D eigenvalue weighted by molar-refractivity contribution is 6.33. The van der Waals surface area contributed by atoms with Crippen molar-refractivity contribution >= 4 is 29.1 Å². The Morgan fingerprint density at radius 3 is 2.24 bits per heavy atom. The molecule has 6 nitrogen and oxygen atoms in total. The number of nitrogens with one attached hydrogen (secondary N) is 1. The molecule has 0 aliphatic carbocycles. The number of carbonyl (C=O) groups excluding carboxylic acids is 2. The summed E-state index contributed by atoms with van der Waals surface area (Å²) in [6.07, 6.45) is 2.00. The molecule has 3 rings (SSSR count). The Kier molecular flexibility index (Phi) is 10.2. The van der Waals surface area contributed by atoms with E-state index in [1.165, 1.54) is 11.1 Å². The van der Waals surface area contributed by atoms with Gasteiger partial charge in [-0.25, -0.2) is 5.01 Å². The average molecular weight is 473 g/mol. The van der Waals surface area contributed by atoms with Crippen molar-refractivity contribution in [1.29, 1.82) is 0 Å². The fourth-order valence-electron chi connectivity index (χ4n) is 3.85. The lowest BCUT2D eigenvalue weighted by molar-refractivity contribution is -0.145. The molecule has 2 amide bonds. The zero-order chi connectivity index (χ0) is 23.1. The zero-order valence-electron chi connectivity index (χ0n) is 19.2. The smallest absolute Gasteiger partial charge is 0.256 e. The Labute approximate surface area is 203 Å². The number of likely N-dealkylation sites (N-methyl/N-ethyl adjacent to an activating group) is 1. The van der Waals surface area contributed by atoms with Gasteiger partial charge < -0.3 is 10.2 Å². The number of fused-ring (bicyclic) bond motifs is 1. The Morgan fingerprint density at radius 2 is 1.64 bits per heavy atom. The van der Waals surface area contributed by atoms with Gasteiger partial charge in [0.15, 0.2) is 0 Å². The third-order valence-corrected chi connectivity index (χ3v) is 6.06. The molecule has 0 spiro atoms. The van der Waals surface area contributed by atoms with Crippen molar-refractivity contribution in [3.05, 3.63) is 64.7 Å². The molecule has 1 aliphatic heterocycles. The van der Waals surface area contributed by atoms with Crippen molar-refractivity contribution in [2.24, 2.45) is 5.92 Å². The van der Waals surface area contributed by atoms with Crippen LogP contribution >= 0.6 is 11.6 Å². The lowest BCUT2D eigenvalue weighted by Gasteiger charge is -2.31. The Hall–Kier alpha value is -2.57. The molecule has 0 fully saturated rings. The summed E-state index contributed by atoms with van der Waals surface area (Å²) in [5.74, 6) is 0.402. The van der Waals surface area contributed by atoms with Gasteiger partial charge >= 0.3 is 0 Å². The van der Waals surface area contributed by atoms with Gasteiger partial charge in [-0.2, -0.15) is 0 Å². The maximum Gasteiger partial charge on any atom is 0.256 e. The third-order valence-electron chi connectivity index (χ3n) is 5.74. The number of carbonyl (C=O) groups is 2. The quantitative estimate of drug-likeness (QED) is 0.508. The van der Waals surface area contributed by atoms with Crippen LogP contribution in [0.3, 0.4) is 0 Å². The van der Waals surface area contributed by atoms with Gasteiger partial charge in [0, 0.05) is 26.7 Å². The van der Waals surface area contributed by atoms with Crippen LogP contribution in [0.4, 0.5) is 5.69 Å². The molecule has 1 N–H and O–H groups in total. The molecular formula is C26H37ClN4O2. The van der Waals surface area contributed by atoms with Gasteiger partial charge in [0.05, 0.1) is 23.8 Å². The van der Waals surface area contributed by atoms with Gasteiger partial charge in [-0.3, -0.25) is 14.6 Å². The van der Waals surface area contributed by atoms with Crippen molar-refractivity contribution in [2.75, 3.05) is 31.6 Å². The normalized spacial score (nSPS) is 12.8. The SMILES string of the molecule is C.CC(C)CCCNC(=O)CN(CC(=O)N(C)N1Cc2ccccc2C1)c1ccccc1Cl. The minimum absolute atomic E-state index is 0. The molecule has 1 heterocycles. The van der Waals surface area contributed by atoms with Crippen LogP contribution in [0.25, 0.3) is 0 Å². The van der Waals surface area contributed by atoms with Crippen molar-refractivity contribution in [2.45, 2.75) is 47.2 Å². The summed E-state index contributed by atoms with van der Waals surface area (Å²) in [6.45, 7) is 6.50. The molecule has 180 valence electrons. The van der Waals surface area contributed by atoms with Gasteiger partial charge in [-0.1, -0.05) is 69.3 Å². The molecule has 1 aliphatic rings. The third kappa shape index (κ3) is 7.47. The molecule has 0 radical (unpaired) electrons. The number of rotatable bonds is 10. The Bertz CT molecular complexity index is 909. The first kappa shape index (κ1) is 26.7. The molecule has 0 saturated carbocycles. The minimum atomic E-state index is -0.113. The van der Waals surface area contributed by atoms with E-state index in [9.17, 15) is 9.59 Å². The monoisotopic (exact) mass is 472 g/mol. The second-order valence-corrected chi connectivity index (χ2v) is 9.11. The molecule has 0 bridgehead atoms. The first-order valence-corrected chi connectivity index (χ1v) is 11.6. The standard InChI is InChI=1S/C25H33ClN4O2.CH4/c1-19(2)9-8-14-27-24(31)17-29(23-13-7-6-12-22(23)26)18-25(32)28(3)30-15-20-10-4-5-11-21(20)16-30;/h4-7,10-13,19H,8-9,14-18H2,1-3H3,(H,27,31);1H4. The fourth-order valence-corrected chi connectivity index (χ4v) is 4.11. The summed E-state index contributed by atoms with van der Waals surface area (Å²) >= 11 is 6.41. The zero-order valence-corrected chi connectivity index (χ0v) is 19.9. The van der Waals surface area contributed by atoms with Crippen LogP contribution in [0.2, 0.25) is 5.02 Å². The van der Waals surface area contributed by atoms with Gasteiger partial charge in [-0.05, 0) is 42.0 Å². The van der Waals surface area contributed by atoms with Crippen LogP contribution in [0, 0.1) is 5.92 Å². The van der Waals surface area contributed by atoms with E-state index in [4.69, 9.17) is 11.6 Å². The predicted octanol–water partition coefficient (Wildman–Crippen LogP) is 4.72. The summed E-state index contributed by atoms with van der Waals surface area (Å²) in [6, 6.07) is 15.5. The summed E-state index contributed by atoms with van der Waals surface area (Å²) in [5.41, 5.74) is 3.14. The van der Waals surface area contributed by atoms with Crippen LogP contribution in [0.15, 0.2) is 48.5 Å². The number of anilines is 1. The summed E-state index contributed by atoms with van der Waals surface area (Å²) in [4.78, 5) is 27.5. The average Bonchev–Trinajstić information content (AvgIpc) is 3.20. The molecule has 0 atom stereocenters. The van der Waals surface area contributed by atoms with E-state index in [2.05, 4.69) is 31.3 Å². The number of hydrogen-bond donors (Lipinski definition) is 1. The van der Waals surface area contributed by atoms with E-state index in [-0.39, 0.29) is 32.3 Å². The topological polar surface area (TPSA) is 55.9 Å². The highest BCUT2D eigenvalue weighted by Gasteiger charge is 2.27. The van der Waals surface area contributed by atoms with E-state index in [1.54, 1.807) is 23.0 Å². The van der Waals surface area contributed by atoms with Crippen LogP contribution in [0.5, 0.6) is 0 Å². The van der Waals surface area contributed by atoms with Crippen molar-refractivity contribution in [3.8, 4) is 0 Å². The highest BCUT2D eigenvalue weighted by atomic mass is 35.5. The molecule has 0 aromatic heterocycles. The van der Waals surface area contributed by atoms with E-state index < -0.39 is 0 Å². The number of amides is 2. The number of hydrogen-bond acceptors (Lipinski definition) is 4. The maximum absolute atomic E-state index is 13.2. The van der Waals surface area contributed by atoms with E-state index >= 15 is 0 Å². The summed E-state index contributed by atoms with van der Waals surface area (Å²) in [5, 5.41) is 7.16. The second kappa shape index (κ2) is 12.6. The van der Waals surface area contributed by atoms with Gasteiger partial charge in [-0.15, -0.1) is 0 Å². The maximum atomic E-state index is 13.2. The number of benzene rings is 2. The van der Waals surface area contributed by atoms with Crippen molar-refractivity contribution < 1.29 is 9.59 Å². The lowest BCUT2D eigenvalue weighted by Crippen LogP contribution is -2.48. The largest absolute Gasteiger partial charge is 0.355 e. The molecule has 7 heteroatoms. The van der Waals surface area contributed by atoms with Crippen LogP contribution in [-0.4, -0.2) is 48.5 Å². The highest BCUT2D eigenvalue weighted by Crippen LogP contribution is 2.26. The molecule has 33 heavy (non-hydrogen) atoms. The van der Waals surface area contributed by atoms with Crippen LogP contribution < -0.4 is 10.2 Å². The summed E-state index contributed by atoms with van der Waals surface area (Å²) < 4.78 is 0. The van der Waals surface area contributed by atoms with Crippen molar-refractivity contribution in [1.82, 2.24) is 15.3 Å². The Balaban J connectivity index is 0.00000385. The van der Waals surface area contributed by atoms with Gasteiger partial charge in [0.25, 0.3) is 5.91 Å². The summed E-state index contributed by atoms with van der Waals surface area (Å²) in [7, 11) is 1.78. The second-order valence-electron chi connectivity index (χ2n) is 8.70. The lowest BCUT2D eigenvalue weighted by atomic mass is 10.1. The molecule has 2 aromatic rings. The van der Waals surface area contributed by atoms with E-state index in [0.717, 1.165) is 12.8 Å². The predicted molar refractivity (Wildman–Crippen MR) is 136 cm³/mol. The fraction of sp³-hybridized carbons (Fsp3) is 0.462. The molecule has 0 saturated heterocycles.